The van der Waals surface area contributed by atoms with E-state index in [-0.39, 0.29) is 11.5 Å². The average Bonchev–Trinajstić information content (AvgIpc) is 3.03. The van der Waals surface area contributed by atoms with E-state index < -0.39 is 0 Å². The Bertz CT molecular complexity index is 928. The molecule has 25 heavy (non-hydrogen) atoms. The number of furan rings is 1. The van der Waals surface area contributed by atoms with E-state index in [0.29, 0.717) is 17.9 Å². The summed E-state index contributed by atoms with van der Waals surface area (Å²) >= 11 is 0. The zero-order valence-electron chi connectivity index (χ0n) is 13.8. The summed E-state index contributed by atoms with van der Waals surface area (Å²) in [7, 11) is 1.60. The minimum absolute atomic E-state index is 0.156. The summed E-state index contributed by atoms with van der Waals surface area (Å²) in [6.07, 6.45) is 1.86. The summed E-state index contributed by atoms with van der Waals surface area (Å²) in [5.74, 6) is 2.30. The second kappa shape index (κ2) is 7.43. The Morgan fingerprint density at radius 3 is 2.68 bits per heavy atom. The molecule has 0 aliphatic heterocycles. The summed E-state index contributed by atoms with van der Waals surface area (Å²) in [5, 5.41) is 11.8. The molecule has 0 amide bonds. The van der Waals surface area contributed by atoms with Crippen LogP contribution < -0.4 is 15.7 Å². The second-order valence-corrected chi connectivity index (χ2v) is 5.29. The van der Waals surface area contributed by atoms with Crippen LogP contribution in [0.2, 0.25) is 0 Å². The standard InChI is InChI=1S/C17H17N5O3/c1-11-3-6-14(25-11)10-18-21-17-19-16(23)15(20-22-17)9-12-4-7-13(24-2)8-5-12/h3-8,10H,9H2,1-2H3,(H2,19,21,22,23)/b18-10-. The van der Waals surface area contributed by atoms with Crippen molar-refractivity contribution in [2.45, 2.75) is 13.3 Å². The third kappa shape index (κ3) is 4.31. The highest BCUT2D eigenvalue weighted by Gasteiger charge is 2.06. The summed E-state index contributed by atoms with van der Waals surface area (Å²) in [4.78, 5) is 14.7. The zero-order chi connectivity index (χ0) is 17.6. The van der Waals surface area contributed by atoms with Gasteiger partial charge in [0, 0.05) is 6.42 Å². The second-order valence-electron chi connectivity index (χ2n) is 5.29. The largest absolute Gasteiger partial charge is 0.497 e. The number of H-pyrrole nitrogens is 1. The molecule has 0 radical (unpaired) electrons. The Morgan fingerprint density at radius 1 is 1.24 bits per heavy atom. The molecule has 3 rings (SSSR count). The number of anilines is 1. The first-order chi connectivity index (χ1) is 12.1. The number of methoxy groups -OCH3 is 1. The number of benzene rings is 1. The summed E-state index contributed by atoms with van der Waals surface area (Å²) in [5.41, 5.74) is 3.55. The molecule has 1 aromatic carbocycles. The van der Waals surface area contributed by atoms with Crippen LogP contribution in [0.1, 0.15) is 22.8 Å². The van der Waals surface area contributed by atoms with Crippen LogP contribution in [0.25, 0.3) is 0 Å². The molecule has 0 aliphatic carbocycles. The molecule has 0 atom stereocenters. The van der Waals surface area contributed by atoms with Gasteiger partial charge in [-0.1, -0.05) is 12.1 Å². The van der Waals surface area contributed by atoms with Gasteiger partial charge in [-0.3, -0.25) is 9.78 Å². The maximum absolute atomic E-state index is 12.1. The Labute approximate surface area is 143 Å². The lowest BCUT2D eigenvalue weighted by molar-refractivity contribution is 0.414. The van der Waals surface area contributed by atoms with Crippen molar-refractivity contribution in [2.75, 3.05) is 12.5 Å². The van der Waals surface area contributed by atoms with E-state index in [1.165, 1.54) is 6.21 Å². The zero-order valence-corrected chi connectivity index (χ0v) is 13.8. The molecule has 2 heterocycles. The van der Waals surface area contributed by atoms with Crippen molar-refractivity contribution in [3.63, 3.8) is 0 Å². The third-order valence-electron chi connectivity index (χ3n) is 3.42. The van der Waals surface area contributed by atoms with E-state index in [9.17, 15) is 4.79 Å². The molecule has 2 N–H and O–H groups in total. The number of aryl methyl sites for hydroxylation is 1. The van der Waals surface area contributed by atoms with Gasteiger partial charge in [-0.25, -0.2) is 5.43 Å². The van der Waals surface area contributed by atoms with Gasteiger partial charge in [-0.2, -0.15) is 5.10 Å². The van der Waals surface area contributed by atoms with E-state index in [1.54, 1.807) is 13.2 Å². The molecule has 3 aromatic rings. The summed E-state index contributed by atoms with van der Waals surface area (Å²) in [6, 6.07) is 11.0. The van der Waals surface area contributed by atoms with E-state index in [1.807, 2.05) is 37.3 Å². The van der Waals surface area contributed by atoms with Gasteiger partial charge in [0.15, 0.2) is 0 Å². The van der Waals surface area contributed by atoms with Crippen molar-refractivity contribution >= 4 is 12.2 Å². The van der Waals surface area contributed by atoms with Crippen molar-refractivity contribution in [2.24, 2.45) is 5.10 Å². The van der Waals surface area contributed by atoms with Crippen LogP contribution in [0.4, 0.5) is 5.95 Å². The van der Waals surface area contributed by atoms with Gasteiger partial charge < -0.3 is 9.15 Å². The first-order valence-corrected chi connectivity index (χ1v) is 7.58. The minimum Gasteiger partial charge on any atom is -0.497 e. The highest BCUT2D eigenvalue weighted by atomic mass is 16.5. The van der Waals surface area contributed by atoms with Gasteiger partial charge in [0.25, 0.3) is 5.56 Å². The van der Waals surface area contributed by atoms with E-state index >= 15 is 0 Å². The summed E-state index contributed by atoms with van der Waals surface area (Å²) < 4.78 is 10.4. The Kier molecular flexibility index (Phi) is 4.89. The van der Waals surface area contributed by atoms with Crippen LogP contribution in [0.15, 0.2) is 50.7 Å². The molecule has 0 fully saturated rings. The lowest BCUT2D eigenvalue weighted by atomic mass is 10.1. The molecule has 0 unspecified atom stereocenters. The fraction of sp³-hybridized carbons (Fsp3) is 0.176. The van der Waals surface area contributed by atoms with Crippen LogP contribution in [-0.4, -0.2) is 28.5 Å². The average molecular weight is 339 g/mol. The van der Waals surface area contributed by atoms with Crippen molar-refractivity contribution in [1.29, 1.82) is 0 Å². The van der Waals surface area contributed by atoms with Crippen molar-refractivity contribution in [1.82, 2.24) is 15.2 Å². The first-order valence-electron chi connectivity index (χ1n) is 7.58. The molecule has 2 aromatic heterocycles. The number of nitrogens with zero attached hydrogens (tertiary/aromatic N) is 3. The molecular formula is C17H17N5O3. The molecule has 8 heteroatoms. The van der Waals surface area contributed by atoms with Gasteiger partial charge in [0.05, 0.1) is 13.3 Å². The Hall–Kier alpha value is -3.42. The summed E-state index contributed by atoms with van der Waals surface area (Å²) in [6.45, 7) is 1.84. The number of nitrogens with one attached hydrogen (secondary N) is 2. The van der Waals surface area contributed by atoms with Crippen molar-refractivity contribution < 1.29 is 9.15 Å². The number of rotatable bonds is 6. The van der Waals surface area contributed by atoms with Gasteiger partial charge >= 0.3 is 0 Å². The van der Waals surface area contributed by atoms with Crippen molar-refractivity contribution in [3.8, 4) is 5.75 Å². The van der Waals surface area contributed by atoms with Crippen LogP contribution in [0.3, 0.4) is 0 Å². The van der Waals surface area contributed by atoms with Gasteiger partial charge in [-0.15, -0.1) is 10.2 Å². The fourth-order valence-corrected chi connectivity index (χ4v) is 2.14. The maximum atomic E-state index is 12.1. The maximum Gasteiger partial charge on any atom is 0.274 e. The molecule has 0 aliphatic rings. The Balaban J connectivity index is 1.65. The van der Waals surface area contributed by atoms with Gasteiger partial charge in [0.2, 0.25) is 5.95 Å². The lowest BCUT2D eigenvalue weighted by Crippen LogP contribution is -2.18. The predicted molar refractivity (Wildman–Crippen MR) is 93.1 cm³/mol. The Morgan fingerprint density at radius 2 is 2.04 bits per heavy atom. The number of hydrogen-bond donors (Lipinski definition) is 2. The van der Waals surface area contributed by atoms with E-state index in [4.69, 9.17) is 9.15 Å². The van der Waals surface area contributed by atoms with Crippen LogP contribution >= 0.6 is 0 Å². The number of hydrazone groups is 1. The predicted octanol–water partition coefficient (Wildman–Crippen LogP) is 2.11. The number of ether oxygens (including phenoxy) is 1. The quantitative estimate of drug-likeness (QED) is 0.526. The van der Waals surface area contributed by atoms with Gasteiger partial charge in [-0.05, 0) is 36.8 Å². The molecule has 8 nitrogen and oxygen atoms in total. The molecular weight excluding hydrogens is 322 g/mol. The highest BCUT2D eigenvalue weighted by molar-refractivity contribution is 5.76. The van der Waals surface area contributed by atoms with Crippen molar-refractivity contribution in [3.05, 3.63) is 69.5 Å². The first kappa shape index (κ1) is 16.4. The van der Waals surface area contributed by atoms with Crippen LogP contribution in [0.5, 0.6) is 5.75 Å². The number of hydrogen-bond acceptors (Lipinski definition) is 7. The number of aromatic nitrogens is 3. The lowest BCUT2D eigenvalue weighted by Gasteiger charge is -2.03. The minimum atomic E-state index is -0.322. The SMILES string of the molecule is COc1ccc(Cc2nnc(N/N=C\c3ccc(C)o3)[nH]c2=O)cc1. The highest BCUT2D eigenvalue weighted by Crippen LogP contribution is 2.12. The van der Waals surface area contributed by atoms with Crippen LogP contribution in [0, 0.1) is 6.92 Å². The monoisotopic (exact) mass is 339 g/mol. The topological polar surface area (TPSA) is 105 Å². The smallest absolute Gasteiger partial charge is 0.274 e. The van der Waals surface area contributed by atoms with Gasteiger partial charge in [0.1, 0.15) is 23.0 Å². The third-order valence-corrected chi connectivity index (χ3v) is 3.42. The van der Waals surface area contributed by atoms with Crippen LogP contribution in [-0.2, 0) is 6.42 Å². The number of aromatic amines is 1. The van der Waals surface area contributed by atoms with E-state index in [0.717, 1.165) is 17.1 Å². The molecule has 0 bridgehead atoms. The molecule has 0 saturated heterocycles. The van der Waals surface area contributed by atoms with E-state index in [2.05, 4.69) is 25.7 Å². The fourth-order valence-electron chi connectivity index (χ4n) is 2.14. The normalized spacial score (nSPS) is 11.0. The molecule has 0 spiro atoms. The molecule has 0 saturated carbocycles. The molecule has 128 valence electrons.